The molecule has 8 heteroatoms. The second kappa shape index (κ2) is 9.95. The van der Waals surface area contributed by atoms with Gasteiger partial charge in [0.1, 0.15) is 11.5 Å². The van der Waals surface area contributed by atoms with Gasteiger partial charge in [-0.3, -0.25) is 4.79 Å². The van der Waals surface area contributed by atoms with Gasteiger partial charge >= 0.3 is 0 Å². The third-order valence-corrected chi connectivity index (χ3v) is 7.03. The predicted molar refractivity (Wildman–Crippen MR) is 114 cm³/mol. The second-order valence-corrected chi connectivity index (χ2v) is 9.11. The number of hydrogen-bond acceptors (Lipinski definition) is 5. The SMILES string of the molecule is CCOc1ccc(CNC(=O)C2CCCN(S(=O)(=O)c3ccc(OC)cc3)C2)cc1. The summed E-state index contributed by atoms with van der Waals surface area (Å²) in [6.07, 6.45) is 1.32. The van der Waals surface area contributed by atoms with Crippen molar-refractivity contribution < 1.29 is 22.7 Å². The van der Waals surface area contributed by atoms with E-state index in [1.54, 1.807) is 12.1 Å². The highest BCUT2D eigenvalue weighted by Gasteiger charge is 2.33. The van der Waals surface area contributed by atoms with Gasteiger partial charge in [0, 0.05) is 19.6 Å². The molecule has 0 bridgehead atoms. The normalized spacial score (nSPS) is 17.3. The Morgan fingerprint density at radius 1 is 1.10 bits per heavy atom. The minimum absolute atomic E-state index is 0.126. The summed E-state index contributed by atoms with van der Waals surface area (Å²) in [7, 11) is -2.11. The van der Waals surface area contributed by atoms with Crippen LogP contribution < -0.4 is 14.8 Å². The van der Waals surface area contributed by atoms with Crippen LogP contribution in [0, 0.1) is 5.92 Å². The van der Waals surface area contributed by atoms with Crippen LogP contribution in [0.3, 0.4) is 0 Å². The zero-order chi connectivity index (χ0) is 21.6. The topological polar surface area (TPSA) is 84.9 Å². The smallest absolute Gasteiger partial charge is 0.243 e. The summed E-state index contributed by atoms with van der Waals surface area (Å²) in [5, 5.41) is 2.93. The number of piperidine rings is 1. The van der Waals surface area contributed by atoms with E-state index in [-0.39, 0.29) is 23.3 Å². The van der Waals surface area contributed by atoms with Gasteiger partial charge in [-0.05, 0) is 61.7 Å². The first kappa shape index (κ1) is 22.1. The molecule has 0 aromatic heterocycles. The quantitative estimate of drug-likeness (QED) is 0.693. The van der Waals surface area contributed by atoms with Crippen molar-refractivity contribution in [2.75, 3.05) is 26.8 Å². The molecule has 2 aromatic carbocycles. The van der Waals surface area contributed by atoms with Gasteiger partial charge in [0.2, 0.25) is 15.9 Å². The van der Waals surface area contributed by atoms with E-state index in [9.17, 15) is 13.2 Å². The van der Waals surface area contributed by atoms with Crippen molar-refractivity contribution in [2.24, 2.45) is 5.92 Å². The molecule has 1 unspecified atom stereocenters. The molecule has 1 fully saturated rings. The third-order valence-electron chi connectivity index (χ3n) is 5.15. The van der Waals surface area contributed by atoms with Crippen molar-refractivity contribution in [1.29, 1.82) is 0 Å². The van der Waals surface area contributed by atoms with Crippen molar-refractivity contribution in [3.8, 4) is 11.5 Å². The van der Waals surface area contributed by atoms with E-state index in [1.165, 1.54) is 23.5 Å². The number of carbonyl (C=O) groups excluding carboxylic acids is 1. The molecule has 162 valence electrons. The zero-order valence-corrected chi connectivity index (χ0v) is 18.2. The molecule has 3 rings (SSSR count). The Hall–Kier alpha value is -2.58. The molecular formula is C22H28N2O5S. The van der Waals surface area contributed by atoms with E-state index in [1.807, 2.05) is 31.2 Å². The Bertz CT molecular complexity index is 942. The summed E-state index contributed by atoms with van der Waals surface area (Å²) in [6, 6.07) is 13.9. The molecule has 0 radical (unpaired) electrons. The van der Waals surface area contributed by atoms with Gasteiger partial charge in [0.15, 0.2) is 0 Å². The first-order valence-electron chi connectivity index (χ1n) is 10.1. The number of nitrogens with zero attached hydrogens (tertiary/aromatic N) is 1. The highest BCUT2D eigenvalue weighted by molar-refractivity contribution is 7.89. The van der Waals surface area contributed by atoms with Crippen LogP contribution in [0.5, 0.6) is 11.5 Å². The fraction of sp³-hybridized carbons (Fsp3) is 0.409. The number of carbonyl (C=O) groups is 1. The summed E-state index contributed by atoms with van der Waals surface area (Å²) in [4.78, 5) is 12.9. The first-order valence-corrected chi connectivity index (χ1v) is 11.5. The molecule has 1 N–H and O–H groups in total. The fourth-order valence-corrected chi connectivity index (χ4v) is 5.00. The maximum atomic E-state index is 13.0. The van der Waals surface area contributed by atoms with Crippen molar-refractivity contribution in [3.05, 3.63) is 54.1 Å². The lowest BCUT2D eigenvalue weighted by Gasteiger charge is -2.31. The monoisotopic (exact) mass is 432 g/mol. The molecular weight excluding hydrogens is 404 g/mol. The molecule has 1 heterocycles. The van der Waals surface area contributed by atoms with Crippen LogP contribution in [0.15, 0.2) is 53.4 Å². The Balaban J connectivity index is 1.59. The van der Waals surface area contributed by atoms with Crippen molar-refractivity contribution in [1.82, 2.24) is 9.62 Å². The first-order chi connectivity index (χ1) is 14.4. The molecule has 1 saturated heterocycles. The van der Waals surface area contributed by atoms with Crippen LogP contribution in [0.2, 0.25) is 0 Å². The average Bonchev–Trinajstić information content (AvgIpc) is 2.78. The van der Waals surface area contributed by atoms with Crippen LogP contribution >= 0.6 is 0 Å². The van der Waals surface area contributed by atoms with Crippen LogP contribution in [0.4, 0.5) is 0 Å². The minimum Gasteiger partial charge on any atom is -0.497 e. The molecule has 30 heavy (non-hydrogen) atoms. The third kappa shape index (κ3) is 5.31. The number of methoxy groups -OCH3 is 1. The van der Waals surface area contributed by atoms with Gasteiger partial charge in [-0.25, -0.2) is 8.42 Å². The molecule has 0 saturated carbocycles. The highest BCUT2D eigenvalue weighted by atomic mass is 32.2. The summed E-state index contributed by atoms with van der Waals surface area (Å²) in [6.45, 7) is 3.53. The number of sulfonamides is 1. The van der Waals surface area contributed by atoms with Crippen molar-refractivity contribution in [3.63, 3.8) is 0 Å². The van der Waals surface area contributed by atoms with Crippen LogP contribution in [0.25, 0.3) is 0 Å². The molecule has 0 aliphatic carbocycles. The van der Waals surface area contributed by atoms with Gasteiger partial charge in [-0.2, -0.15) is 4.31 Å². The number of nitrogens with one attached hydrogen (secondary N) is 1. The van der Waals surface area contributed by atoms with E-state index in [0.717, 1.165) is 11.3 Å². The zero-order valence-electron chi connectivity index (χ0n) is 17.3. The number of amides is 1. The van der Waals surface area contributed by atoms with E-state index in [4.69, 9.17) is 9.47 Å². The van der Waals surface area contributed by atoms with Gasteiger partial charge in [0.25, 0.3) is 0 Å². The minimum atomic E-state index is -3.65. The van der Waals surface area contributed by atoms with Gasteiger partial charge < -0.3 is 14.8 Å². The number of ether oxygens (including phenoxy) is 2. The van der Waals surface area contributed by atoms with Gasteiger partial charge in [0.05, 0.1) is 24.5 Å². The van der Waals surface area contributed by atoms with Crippen molar-refractivity contribution in [2.45, 2.75) is 31.2 Å². The Morgan fingerprint density at radius 3 is 2.40 bits per heavy atom. The van der Waals surface area contributed by atoms with Crippen LogP contribution in [0.1, 0.15) is 25.3 Å². The maximum Gasteiger partial charge on any atom is 0.243 e. The van der Waals surface area contributed by atoms with E-state index >= 15 is 0 Å². The predicted octanol–water partition coefficient (Wildman–Crippen LogP) is 2.81. The van der Waals surface area contributed by atoms with Crippen LogP contribution in [-0.2, 0) is 21.4 Å². The molecule has 1 aliphatic rings. The lowest BCUT2D eigenvalue weighted by atomic mass is 9.99. The number of hydrogen-bond donors (Lipinski definition) is 1. The highest BCUT2D eigenvalue weighted by Crippen LogP contribution is 2.25. The van der Waals surface area contributed by atoms with Gasteiger partial charge in [-0.15, -0.1) is 0 Å². The number of benzene rings is 2. The molecule has 0 spiro atoms. The Labute approximate surface area is 178 Å². The Morgan fingerprint density at radius 2 is 1.77 bits per heavy atom. The average molecular weight is 433 g/mol. The fourth-order valence-electron chi connectivity index (χ4n) is 3.48. The summed E-state index contributed by atoms with van der Waals surface area (Å²) < 4.78 is 37.8. The van der Waals surface area contributed by atoms with Crippen molar-refractivity contribution >= 4 is 15.9 Å². The molecule has 7 nitrogen and oxygen atoms in total. The maximum absolute atomic E-state index is 13.0. The summed E-state index contributed by atoms with van der Waals surface area (Å²) in [5.74, 6) is 0.895. The molecule has 1 atom stereocenters. The molecule has 2 aromatic rings. The van der Waals surface area contributed by atoms with E-state index in [2.05, 4.69) is 5.32 Å². The molecule has 1 aliphatic heterocycles. The second-order valence-electron chi connectivity index (χ2n) is 7.17. The van der Waals surface area contributed by atoms with Crippen LogP contribution in [-0.4, -0.2) is 45.4 Å². The largest absolute Gasteiger partial charge is 0.497 e. The number of rotatable bonds is 8. The summed E-state index contributed by atoms with van der Waals surface area (Å²) >= 11 is 0. The molecule has 1 amide bonds. The van der Waals surface area contributed by atoms with E-state index in [0.29, 0.717) is 38.3 Å². The lowest BCUT2D eigenvalue weighted by Crippen LogP contribution is -2.45. The summed E-state index contributed by atoms with van der Waals surface area (Å²) in [5.41, 5.74) is 0.963. The lowest BCUT2D eigenvalue weighted by molar-refractivity contribution is -0.126. The standard InChI is InChI=1S/C22H28N2O5S/c1-3-29-20-8-6-17(7-9-20)15-23-22(25)18-5-4-14-24(16-18)30(26,27)21-12-10-19(28-2)11-13-21/h6-13,18H,3-5,14-16H2,1-2H3,(H,23,25). The van der Waals surface area contributed by atoms with Gasteiger partial charge in [-0.1, -0.05) is 12.1 Å². The van der Waals surface area contributed by atoms with E-state index < -0.39 is 10.0 Å². The Kier molecular flexibility index (Phi) is 7.33.